The first kappa shape index (κ1) is 15.4. The Labute approximate surface area is 123 Å². The number of hydrogen-bond acceptors (Lipinski definition) is 5. The summed E-state index contributed by atoms with van der Waals surface area (Å²) in [5.41, 5.74) is 0.762. The number of Topliss-reactive ketones (excluding diaryl/α,β-unsaturated/α-hetero) is 1. The fourth-order valence-corrected chi connectivity index (χ4v) is 2.16. The van der Waals surface area contributed by atoms with E-state index in [-0.39, 0.29) is 12.2 Å². The van der Waals surface area contributed by atoms with E-state index in [4.69, 9.17) is 9.47 Å². The second-order valence-electron chi connectivity index (χ2n) is 4.61. The predicted octanol–water partition coefficient (Wildman–Crippen LogP) is 1.83. The molecule has 0 fully saturated rings. The number of ether oxygens (including phenoxy) is 3. The molecule has 0 saturated heterocycles. The van der Waals surface area contributed by atoms with Gasteiger partial charge in [-0.1, -0.05) is 42.5 Å². The van der Waals surface area contributed by atoms with Crippen LogP contribution in [0.2, 0.25) is 0 Å². The van der Waals surface area contributed by atoms with Crippen molar-refractivity contribution in [2.45, 2.75) is 18.6 Å². The van der Waals surface area contributed by atoms with Gasteiger partial charge in [-0.3, -0.25) is 9.59 Å². The maximum absolute atomic E-state index is 12.4. The molecule has 1 atom stereocenters. The zero-order chi connectivity index (χ0) is 15.1. The van der Waals surface area contributed by atoms with Gasteiger partial charge in [0.25, 0.3) is 0 Å². The largest absolute Gasteiger partial charge is 0.469 e. The fraction of sp³-hybridized carbons (Fsp3) is 0.375. The molecule has 2 rings (SSSR count). The van der Waals surface area contributed by atoms with Gasteiger partial charge in [0.05, 0.1) is 26.2 Å². The summed E-state index contributed by atoms with van der Waals surface area (Å²) in [6, 6.07) is 9.18. The molecule has 1 aliphatic rings. The zero-order valence-corrected chi connectivity index (χ0v) is 11.9. The Morgan fingerprint density at radius 3 is 2.38 bits per heavy atom. The van der Waals surface area contributed by atoms with Crippen LogP contribution in [0.15, 0.2) is 42.5 Å². The van der Waals surface area contributed by atoms with Crippen LogP contribution < -0.4 is 0 Å². The lowest BCUT2D eigenvalue weighted by Crippen LogP contribution is -2.32. The normalized spacial score (nSPS) is 17.0. The number of carbonyl (C=O) groups is 2. The Bertz CT molecular complexity index is 499. The van der Waals surface area contributed by atoms with E-state index in [9.17, 15) is 9.59 Å². The van der Waals surface area contributed by atoms with Gasteiger partial charge in [0, 0.05) is 0 Å². The Morgan fingerprint density at radius 2 is 1.81 bits per heavy atom. The van der Waals surface area contributed by atoms with E-state index in [1.54, 1.807) is 0 Å². The molecular formula is C16H18O5. The van der Waals surface area contributed by atoms with Crippen LogP contribution in [0.3, 0.4) is 0 Å². The maximum Gasteiger partial charge on any atom is 0.313 e. The fourth-order valence-electron chi connectivity index (χ4n) is 2.16. The standard InChI is InChI=1S/C16H18O5/c1-19-14(18)11-13(17)15(12-7-3-2-4-8-12)16-20-9-5-6-10-21-16/h2-8,15-16H,9-11H2,1H3. The number of rotatable bonds is 5. The highest BCUT2D eigenvalue weighted by atomic mass is 16.7. The van der Waals surface area contributed by atoms with Crippen LogP contribution in [-0.4, -0.2) is 38.4 Å². The molecule has 1 aromatic rings. The van der Waals surface area contributed by atoms with Gasteiger partial charge >= 0.3 is 5.97 Å². The van der Waals surface area contributed by atoms with Gasteiger partial charge in [-0.25, -0.2) is 0 Å². The lowest BCUT2D eigenvalue weighted by atomic mass is 9.92. The Hall–Kier alpha value is -1.98. The van der Waals surface area contributed by atoms with Crippen LogP contribution in [0.25, 0.3) is 0 Å². The molecule has 0 aliphatic carbocycles. The lowest BCUT2D eigenvalue weighted by molar-refractivity contribution is -0.156. The van der Waals surface area contributed by atoms with E-state index < -0.39 is 18.2 Å². The minimum absolute atomic E-state index is 0.278. The van der Waals surface area contributed by atoms with Gasteiger partial charge in [-0.15, -0.1) is 0 Å². The highest BCUT2D eigenvalue weighted by molar-refractivity contribution is 5.99. The molecule has 1 unspecified atom stereocenters. The number of hydrogen-bond donors (Lipinski definition) is 0. The Morgan fingerprint density at radius 1 is 1.19 bits per heavy atom. The van der Waals surface area contributed by atoms with Crippen molar-refractivity contribution in [3.63, 3.8) is 0 Å². The molecule has 0 radical (unpaired) electrons. The summed E-state index contributed by atoms with van der Waals surface area (Å²) in [5.74, 6) is -1.49. The molecule has 5 nitrogen and oxygen atoms in total. The van der Waals surface area contributed by atoms with Gasteiger partial charge in [0.15, 0.2) is 12.1 Å². The van der Waals surface area contributed by atoms with Crippen molar-refractivity contribution >= 4 is 11.8 Å². The molecule has 0 amide bonds. The Balaban J connectivity index is 2.21. The van der Waals surface area contributed by atoms with Gasteiger partial charge in [0.2, 0.25) is 0 Å². The molecule has 0 aromatic heterocycles. The summed E-state index contributed by atoms with van der Waals surface area (Å²) in [7, 11) is 1.26. The first-order valence-electron chi connectivity index (χ1n) is 6.75. The summed E-state index contributed by atoms with van der Waals surface area (Å²) >= 11 is 0. The highest BCUT2D eigenvalue weighted by Crippen LogP contribution is 2.26. The topological polar surface area (TPSA) is 61.8 Å². The van der Waals surface area contributed by atoms with E-state index >= 15 is 0 Å². The van der Waals surface area contributed by atoms with E-state index in [0.29, 0.717) is 13.2 Å². The third-order valence-electron chi connectivity index (χ3n) is 3.20. The molecule has 1 aliphatic heterocycles. The molecule has 112 valence electrons. The van der Waals surface area contributed by atoms with Gasteiger partial charge < -0.3 is 14.2 Å². The van der Waals surface area contributed by atoms with E-state index in [2.05, 4.69) is 4.74 Å². The van der Waals surface area contributed by atoms with Crippen molar-refractivity contribution in [3.8, 4) is 0 Å². The average molecular weight is 290 g/mol. The van der Waals surface area contributed by atoms with Crippen molar-refractivity contribution in [1.82, 2.24) is 0 Å². The third-order valence-corrected chi connectivity index (χ3v) is 3.20. The summed E-state index contributed by atoms with van der Waals surface area (Å²) in [6.45, 7) is 0.749. The Kier molecular flexibility index (Phi) is 5.66. The first-order chi connectivity index (χ1) is 10.2. The van der Waals surface area contributed by atoms with Crippen LogP contribution in [0.4, 0.5) is 0 Å². The number of methoxy groups -OCH3 is 1. The van der Waals surface area contributed by atoms with E-state index in [0.717, 1.165) is 5.56 Å². The molecule has 0 bridgehead atoms. The molecule has 0 saturated carbocycles. The van der Waals surface area contributed by atoms with Crippen molar-refractivity contribution in [3.05, 3.63) is 48.0 Å². The van der Waals surface area contributed by atoms with Crippen molar-refractivity contribution < 1.29 is 23.8 Å². The lowest BCUT2D eigenvalue weighted by Gasteiger charge is -2.25. The van der Waals surface area contributed by atoms with Crippen molar-refractivity contribution in [2.24, 2.45) is 0 Å². The third kappa shape index (κ3) is 4.24. The number of esters is 1. The van der Waals surface area contributed by atoms with Crippen LogP contribution in [0.1, 0.15) is 17.9 Å². The van der Waals surface area contributed by atoms with Crippen LogP contribution in [0, 0.1) is 0 Å². The van der Waals surface area contributed by atoms with E-state index in [1.807, 2.05) is 42.5 Å². The van der Waals surface area contributed by atoms with Crippen LogP contribution in [0.5, 0.6) is 0 Å². The molecular weight excluding hydrogens is 272 g/mol. The molecule has 0 N–H and O–H groups in total. The van der Waals surface area contributed by atoms with Gasteiger partial charge in [0.1, 0.15) is 6.42 Å². The quantitative estimate of drug-likeness (QED) is 0.470. The molecule has 21 heavy (non-hydrogen) atoms. The highest BCUT2D eigenvalue weighted by Gasteiger charge is 2.32. The average Bonchev–Trinajstić information content (AvgIpc) is 2.77. The van der Waals surface area contributed by atoms with Crippen LogP contribution in [-0.2, 0) is 23.8 Å². The van der Waals surface area contributed by atoms with Crippen molar-refractivity contribution in [1.29, 1.82) is 0 Å². The number of ketones is 1. The molecule has 1 aromatic carbocycles. The SMILES string of the molecule is COC(=O)CC(=O)C(c1ccccc1)C1OCC=CCO1. The zero-order valence-electron chi connectivity index (χ0n) is 11.9. The second kappa shape index (κ2) is 7.71. The molecule has 0 spiro atoms. The number of carbonyl (C=O) groups excluding carboxylic acids is 2. The molecule has 1 heterocycles. The predicted molar refractivity (Wildman–Crippen MR) is 75.7 cm³/mol. The van der Waals surface area contributed by atoms with Gasteiger partial charge in [-0.05, 0) is 5.56 Å². The number of benzene rings is 1. The minimum atomic E-state index is -0.709. The summed E-state index contributed by atoms with van der Waals surface area (Å²) in [5, 5.41) is 0. The monoisotopic (exact) mass is 290 g/mol. The van der Waals surface area contributed by atoms with Crippen molar-refractivity contribution in [2.75, 3.05) is 20.3 Å². The van der Waals surface area contributed by atoms with Gasteiger partial charge in [-0.2, -0.15) is 0 Å². The molecule has 5 heteroatoms. The minimum Gasteiger partial charge on any atom is -0.469 e. The van der Waals surface area contributed by atoms with E-state index in [1.165, 1.54) is 7.11 Å². The second-order valence-corrected chi connectivity index (χ2v) is 4.61. The summed E-state index contributed by atoms with van der Waals surface area (Å²) in [4.78, 5) is 23.8. The summed E-state index contributed by atoms with van der Waals surface area (Å²) < 4.78 is 15.7. The first-order valence-corrected chi connectivity index (χ1v) is 6.75. The summed E-state index contributed by atoms with van der Waals surface area (Å²) in [6.07, 6.45) is 2.67. The van der Waals surface area contributed by atoms with Crippen LogP contribution >= 0.6 is 0 Å². The smallest absolute Gasteiger partial charge is 0.313 e. The maximum atomic E-state index is 12.4.